The minimum Gasteiger partial charge on any atom is -0.389 e. The predicted octanol–water partition coefficient (Wildman–Crippen LogP) is 1.27. The quantitative estimate of drug-likeness (QED) is 0.666. The van der Waals surface area contributed by atoms with Crippen molar-refractivity contribution in [2.24, 2.45) is 0 Å². The van der Waals surface area contributed by atoms with Crippen molar-refractivity contribution >= 4 is 21.2 Å². The largest absolute Gasteiger partial charge is 0.389 e. The van der Waals surface area contributed by atoms with Gasteiger partial charge >= 0.3 is 0 Å². The lowest BCUT2D eigenvalue weighted by Gasteiger charge is -2.34. The zero-order valence-electron chi connectivity index (χ0n) is 11.9. The first-order valence-electron chi connectivity index (χ1n) is 6.65. The highest BCUT2D eigenvalue weighted by Gasteiger charge is 2.32. The molecule has 0 aromatic heterocycles. The second kappa shape index (κ2) is 5.61. The normalized spacial score (nSPS) is 22.8. The van der Waals surface area contributed by atoms with Gasteiger partial charge in [-0.25, -0.2) is 8.42 Å². The van der Waals surface area contributed by atoms with Crippen LogP contribution in [0.4, 0.5) is 11.4 Å². The Morgan fingerprint density at radius 2 is 2.14 bits per heavy atom. The van der Waals surface area contributed by atoms with Crippen molar-refractivity contribution < 1.29 is 18.4 Å². The molecule has 1 unspecified atom stereocenters. The van der Waals surface area contributed by atoms with E-state index >= 15 is 0 Å². The Hall–Kier alpha value is -1.67. The van der Waals surface area contributed by atoms with Gasteiger partial charge in [0.15, 0.2) is 9.84 Å². The fraction of sp³-hybridized carbons (Fsp3) is 0.538. The first-order chi connectivity index (χ1) is 9.71. The summed E-state index contributed by atoms with van der Waals surface area (Å²) >= 11 is 0. The van der Waals surface area contributed by atoms with Crippen molar-refractivity contribution in [2.75, 3.05) is 23.0 Å². The zero-order chi connectivity index (χ0) is 15.8. The van der Waals surface area contributed by atoms with Gasteiger partial charge in [0, 0.05) is 18.7 Å². The second-order valence-corrected chi connectivity index (χ2v) is 7.57. The molecule has 1 aromatic carbocycles. The predicted molar refractivity (Wildman–Crippen MR) is 79.2 cm³/mol. The van der Waals surface area contributed by atoms with E-state index in [2.05, 4.69) is 0 Å². The summed E-state index contributed by atoms with van der Waals surface area (Å²) in [7, 11) is -3.08. The molecule has 1 aliphatic rings. The summed E-state index contributed by atoms with van der Waals surface area (Å²) in [6, 6.07) is 4.23. The van der Waals surface area contributed by atoms with Gasteiger partial charge in [0.05, 0.1) is 22.5 Å². The number of aliphatic hydroxyl groups is 1. The highest BCUT2D eigenvalue weighted by atomic mass is 32.2. The van der Waals surface area contributed by atoms with Crippen LogP contribution >= 0.6 is 0 Å². The molecule has 0 spiro atoms. The van der Waals surface area contributed by atoms with Gasteiger partial charge in [-0.05, 0) is 25.5 Å². The van der Waals surface area contributed by atoms with Gasteiger partial charge in [-0.15, -0.1) is 0 Å². The molecule has 1 aliphatic heterocycles. The monoisotopic (exact) mass is 314 g/mol. The van der Waals surface area contributed by atoms with Gasteiger partial charge in [0.1, 0.15) is 5.69 Å². The molecule has 2 rings (SSSR count). The van der Waals surface area contributed by atoms with Crippen LogP contribution in [0.2, 0.25) is 0 Å². The van der Waals surface area contributed by atoms with Gasteiger partial charge in [0.2, 0.25) is 0 Å². The average Bonchev–Trinajstić information content (AvgIpc) is 2.37. The number of hydrogen-bond acceptors (Lipinski definition) is 6. The third-order valence-electron chi connectivity index (χ3n) is 3.66. The van der Waals surface area contributed by atoms with Crippen molar-refractivity contribution in [1.82, 2.24) is 0 Å². The third kappa shape index (κ3) is 3.33. The molecule has 8 heteroatoms. The van der Waals surface area contributed by atoms with Crippen molar-refractivity contribution in [3.05, 3.63) is 33.9 Å². The van der Waals surface area contributed by atoms with Crippen LogP contribution in [0.1, 0.15) is 25.5 Å². The van der Waals surface area contributed by atoms with Gasteiger partial charge < -0.3 is 10.0 Å². The number of rotatable bonds is 3. The van der Waals surface area contributed by atoms with Crippen LogP contribution < -0.4 is 4.90 Å². The summed E-state index contributed by atoms with van der Waals surface area (Å²) in [5.74, 6) is -0.0189. The fourth-order valence-electron chi connectivity index (χ4n) is 2.55. The maximum absolute atomic E-state index is 11.6. The van der Waals surface area contributed by atoms with E-state index in [1.807, 2.05) is 0 Å². The maximum atomic E-state index is 11.6. The highest BCUT2D eigenvalue weighted by molar-refractivity contribution is 7.91. The Bertz CT molecular complexity index is 657. The number of aliphatic hydroxyl groups excluding tert-OH is 1. The summed E-state index contributed by atoms with van der Waals surface area (Å²) in [5.41, 5.74) is 0.745. The Balaban J connectivity index is 2.42. The van der Waals surface area contributed by atoms with Crippen molar-refractivity contribution in [2.45, 2.75) is 26.0 Å². The summed E-state index contributed by atoms with van der Waals surface area (Å²) in [5, 5.41) is 20.8. The van der Waals surface area contributed by atoms with Crippen LogP contribution in [0, 0.1) is 10.1 Å². The molecule has 1 saturated heterocycles. The summed E-state index contributed by atoms with van der Waals surface area (Å²) in [6.45, 7) is 3.51. The van der Waals surface area contributed by atoms with Crippen molar-refractivity contribution in [1.29, 1.82) is 0 Å². The Labute approximate surface area is 123 Å². The molecule has 0 bridgehead atoms. The smallest absolute Gasteiger partial charge is 0.292 e. The topological polar surface area (TPSA) is 101 Å². The number of hydrogen-bond donors (Lipinski definition) is 1. The number of anilines is 1. The maximum Gasteiger partial charge on any atom is 0.292 e. The van der Waals surface area contributed by atoms with E-state index in [0.29, 0.717) is 11.3 Å². The Morgan fingerprint density at radius 3 is 2.67 bits per heavy atom. The van der Waals surface area contributed by atoms with E-state index in [1.165, 1.54) is 13.0 Å². The van der Waals surface area contributed by atoms with Crippen LogP contribution in [0.3, 0.4) is 0 Å². The number of nitro groups is 1. The van der Waals surface area contributed by atoms with E-state index < -0.39 is 20.9 Å². The minimum absolute atomic E-state index is 0.00729. The van der Waals surface area contributed by atoms with E-state index in [0.717, 1.165) is 0 Å². The minimum atomic E-state index is -3.08. The molecule has 1 fully saturated rings. The van der Waals surface area contributed by atoms with Crippen LogP contribution in [-0.4, -0.2) is 42.5 Å². The van der Waals surface area contributed by atoms with E-state index in [-0.39, 0.29) is 29.8 Å². The first kappa shape index (κ1) is 15.7. The van der Waals surface area contributed by atoms with Gasteiger partial charge in [-0.2, -0.15) is 0 Å². The number of benzene rings is 1. The molecular weight excluding hydrogens is 296 g/mol. The second-order valence-electron chi connectivity index (χ2n) is 5.34. The lowest BCUT2D eigenvalue weighted by atomic mass is 10.1. The van der Waals surface area contributed by atoms with Gasteiger partial charge in [0.25, 0.3) is 5.69 Å². The molecule has 0 amide bonds. The lowest BCUT2D eigenvalue weighted by molar-refractivity contribution is -0.384. The molecule has 1 aromatic rings. The van der Waals surface area contributed by atoms with Gasteiger partial charge in [-0.1, -0.05) is 6.07 Å². The molecule has 21 heavy (non-hydrogen) atoms. The number of nitrogens with zero attached hydrogens (tertiary/aromatic N) is 2. The average molecular weight is 314 g/mol. The van der Waals surface area contributed by atoms with Crippen molar-refractivity contribution in [3.63, 3.8) is 0 Å². The molecule has 7 nitrogen and oxygen atoms in total. The molecule has 0 saturated carbocycles. The van der Waals surface area contributed by atoms with E-state index in [9.17, 15) is 23.6 Å². The number of nitro benzene ring substituents is 1. The van der Waals surface area contributed by atoms with Gasteiger partial charge in [-0.3, -0.25) is 10.1 Å². The first-order valence-corrected chi connectivity index (χ1v) is 8.47. The zero-order valence-corrected chi connectivity index (χ0v) is 12.7. The fourth-order valence-corrected chi connectivity index (χ4v) is 4.10. The highest BCUT2D eigenvalue weighted by Crippen LogP contribution is 2.33. The Kier molecular flexibility index (Phi) is 4.20. The Morgan fingerprint density at radius 1 is 1.48 bits per heavy atom. The molecule has 0 aliphatic carbocycles. The molecule has 0 radical (unpaired) electrons. The molecule has 1 heterocycles. The molecular formula is C13H18N2O5S. The molecule has 1 N–H and O–H groups in total. The van der Waals surface area contributed by atoms with E-state index in [4.69, 9.17) is 0 Å². The van der Waals surface area contributed by atoms with Crippen molar-refractivity contribution in [3.8, 4) is 0 Å². The van der Waals surface area contributed by atoms with E-state index in [1.54, 1.807) is 24.0 Å². The van der Waals surface area contributed by atoms with Crippen LogP contribution in [0.25, 0.3) is 0 Å². The standard InChI is InChI=1S/C13H18N2O5S/c1-9-8-21(19,20)6-5-14(9)12-4-3-11(10(2)16)7-13(12)15(17)18/h3-4,7,9-10,16H,5-6,8H2,1-2H3/t9?,10-/m0/s1. The molecule has 116 valence electrons. The lowest BCUT2D eigenvalue weighted by Crippen LogP contribution is -2.47. The summed E-state index contributed by atoms with van der Waals surface area (Å²) < 4.78 is 23.2. The summed E-state index contributed by atoms with van der Waals surface area (Å²) in [6.07, 6.45) is -0.795. The summed E-state index contributed by atoms with van der Waals surface area (Å²) in [4.78, 5) is 12.5. The number of sulfone groups is 1. The SMILES string of the molecule is CC1CS(=O)(=O)CCN1c1ccc([C@H](C)O)cc1[N+](=O)[O-]. The molecule has 2 atom stereocenters. The third-order valence-corrected chi connectivity index (χ3v) is 5.45. The van der Waals surface area contributed by atoms with Crippen LogP contribution in [0.15, 0.2) is 18.2 Å². The van der Waals surface area contributed by atoms with Crippen LogP contribution in [0.5, 0.6) is 0 Å². The van der Waals surface area contributed by atoms with Crippen LogP contribution in [-0.2, 0) is 9.84 Å².